The summed E-state index contributed by atoms with van der Waals surface area (Å²) in [6.45, 7) is 4.85. The molecule has 0 saturated heterocycles. The Labute approximate surface area is 117 Å². The van der Waals surface area contributed by atoms with Crippen molar-refractivity contribution >= 4 is 11.6 Å². The number of pyridine rings is 1. The summed E-state index contributed by atoms with van der Waals surface area (Å²) >= 11 is 6.11. The van der Waals surface area contributed by atoms with Gasteiger partial charge in [0.2, 0.25) is 5.88 Å². The molecule has 0 radical (unpaired) electrons. The molecule has 0 aliphatic carbocycles. The van der Waals surface area contributed by atoms with Gasteiger partial charge < -0.3 is 10.1 Å². The highest BCUT2D eigenvalue weighted by Crippen LogP contribution is 2.23. The van der Waals surface area contributed by atoms with Crippen molar-refractivity contribution in [2.45, 2.75) is 26.4 Å². The molecule has 2 rings (SSSR count). The van der Waals surface area contributed by atoms with E-state index in [1.54, 1.807) is 23.3 Å². The van der Waals surface area contributed by atoms with E-state index in [2.05, 4.69) is 29.2 Å². The molecular formula is C13H17ClN4O. The van der Waals surface area contributed by atoms with Crippen molar-refractivity contribution < 1.29 is 4.74 Å². The van der Waals surface area contributed by atoms with Gasteiger partial charge in [-0.15, -0.1) is 0 Å². The minimum Gasteiger partial charge on any atom is -0.436 e. The Balaban J connectivity index is 2.11. The zero-order chi connectivity index (χ0) is 13.8. The van der Waals surface area contributed by atoms with E-state index < -0.39 is 0 Å². The average Bonchev–Trinajstić information content (AvgIpc) is 2.75. The van der Waals surface area contributed by atoms with Crippen LogP contribution in [0.1, 0.15) is 19.4 Å². The lowest BCUT2D eigenvalue weighted by Crippen LogP contribution is -2.22. The minimum atomic E-state index is 0.395. The van der Waals surface area contributed by atoms with Crippen molar-refractivity contribution in [1.29, 1.82) is 0 Å². The average molecular weight is 281 g/mol. The Morgan fingerprint density at radius 1 is 1.42 bits per heavy atom. The number of nitrogens with zero attached hydrogens (tertiary/aromatic N) is 3. The van der Waals surface area contributed by atoms with E-state index >= 15 is 0 Å². The maximum absolute atomic E-state index is 6.11. The second-order valence-corrected chi connectivity index (χ2v) is 5.01. The van der Waals surface area contributed by atoms with Crippen molar-refractivity contribution in [3.8, 4) is 11.6 Å². The lowest BCUT2D eigenvalue weighted by Gasteiger charge is -2.10. The summed E-state index contributed by atoms with van der Waals surface area (Å²) in [5.74, 6) is 1.16. The first-order chi connectivity index (χ1) is 9.04. The third-order valence-electron chi connectivity index (χ3n) is 2.51. The second kappa shape index (κ2) is 6.04. The molecule has 0 saturated carbocycles. The van der Waals surface area contributed by atoms with Crippen LogP contribution in [0.3, 0.4) is 0 Å². The molecule has 0 amide bonds. The number of ether oxygens (including phenoxy) is 1. The standard InChI is InChI=1S/C13H17ClN4O/c1-9(2)15-5-10-4-13(16-7-12(10)14)19-11-6-17-18(3)8-11/h4,6-9,15H,5H2,1-3H3. The molecule has 0 aromatic carbocycles. The van der Waals surface area contributed by atoms with Gasteiger partial charge >= 0.3 is 0 Å². The first kappa shape index (κ1) is 13.8. The summed E-state index contributed by atoms with van der Waals surface area (Å²) in [5.41, 5.74) is 0.962. The van der Waals surface area contributed by atoms with Crippen molar-refractivity contribution in [1.82, 2.24) is 20.1 Å². The van der Waals surface area contributed by atoms with Crippen LogP contribution in [0.5, 0.6) is 11.6 Å². The van der Waals surface area contributed by atoms with E-state index in [9.17, 15) is 0 Å². The highest BCUT2D eigenvalue weighted by atomic mass is 35.5. The number of aryl methyl sites for hydroxylation is 1. The lowest BCUT2D eigenvalue weighted by atomic mass is 10.2. The van der Waals surface area contributed by atoms with Crippen molar-refractivity contribution in [2.24, 2.45) is 7.05 Å². The molecule has 19 heavy (non-hydrogen) atoms. The highest BCUT2D eigenvalue weighted by Gasteiger charge is 2.07. The summed E-state index contributed by atoms with van der Waals surface area (Å²) in [6, 6.07) is 2.23. The number of halogens is 1. The van der Waals surface area contributed by atoms with Gasteiger partial charge in [0.25, 0.3) is 0 Å². The maximum atomic E-state index is 6.11. The van der Waals surface area contributed by atoms with E-state index in [4.69, 9.17) is 16.3 Å². The zero-order valence-electron chi connectivity index (χ0n) is 11.2. The van der Waals surface area contributed by atoms with Crippen LogP contribution >= 0.6 is 11.6 Å². The van der Waals surface area contributed by atoms with Gasteiger partial charge in [-0.3, -0.25) is 4.68 Å². The van der Waals surface area contributed by atoms with Gasteiger partial charge in [-0.2, -0.15) is 5.10 Å². The van der Waals surface area contributed by atoms with Gasteiger partial charge in [-0.1, -0.05) is 25.4 Å². The van der Waals surface area contributed by atoms with Crippen LogP contribution in [0.15, 0.2) is 24.7 Å². The Bertz CT molecular complexity index is 553. The smallest absolute Gasteiger partial charge is 0.219 e. The van der Waals surface area contributed by atoms with E-state index in [1.807, 2.05) is 13.1 Å². The van der Waals surface area contributed by atoms with Crippen molar-refractivity contribution in [3.05, 3.63) is 35.2 Å². The van der Waals surface area contributed by atoms with E-state index in [0.717, 1.165) is 5.56 Å². The van der Waals surface area contributed by atoms with Crippen LogP contribution in [0.25, 0.3) is 0 Å². The first-order valence-corrected chi connectivity index (χ1v) is 6.46. The summed E-state index contributed by atoms with van der Waals surface area (Å²) < 4.78 is 7.29. The molecule has 1 N–H and O–H groups in total. The fourth-order valence-electron chi connectivity index (χ4n) is 1.54. The number of aromatic nitrogens is 3. The lowest BCUT2D eigenvalue weighted by molar-refractivity contribution is 0.460. The van der Waals surface area contributed by atoms with Gasteiger partial charge in [0.1, 0.15) is 0 Å². The molecule has 0 bridgehead atoms. The van der Waals surface area contributed by atoms with Gasteiger partial charge in [-0.25, -0.2) is 4.98 Å². The largest absolute Gasteiger partial charge is 0.436 e. The normalized spacial score (nSPS) is 11.0. The van der Waals surface area contributed by atoms with Gasteiger partial charge in [-0.05, 0) is 5.56 Å². The highest BCUT2D eigenvalue weighted by molar-refractivity contribution is 6.31. The fraction of sp³-hybridized carbons (Fsp3) is 0.385. The predicted molar refractivity (Wildman–Crippen MR) is 74.5 cm³/mol. The van der Waals surface area contributed by atoms with E-state index in [0.29, 0.717) is 29.2 Å². The second-order valence-electron chi connectivity index (χ2n) is 4.60. The van der Waals surface area contributed by atoms with E-state index in [-0.39, 0.29) is 0 Å². The number of hydrogen-bond donors (Lipinski definition) is 1. The van der Waals surface area contributed by atoms with Crippen LogP contribution < -0.4 is 10.1 Å². The molecule has 5 nitrogen and oxygen atoms in total. The zero-order valence-corrected chi connectivity index (χ0v) is 12.0. The monoisotopic (exact) mass is 280 g/mol. The van der Waals surface area contributed by atoms with Gasteiger partial charge in [0, 0.05) is 31.9 Å². The number of rotatable bonds is 5. The molecule has 2 heterocycles. The summed E-state index contributed by atoms with van der Waals surface area (Å²) in [4.78, 5) is 4.15. The van der Waals surface area contributed by atoms with Crippen LogP contribution in [0.4, 0.5) is 0 Å². The number of nitrogens with one attached hydrogen (secondary N) is 1. The molecule has 0 aliphatic heterocycles. The van der Waals surface area contributed by atoms with Crippen LogP contribution in [-0.4, -0.2) is 20.8 Å². The molecular weight excluding hydrogens is 264 g/mol. The third-order valence-corrected chi connectivity index (χ3v) is 2.85. The van der Waals surface area contributed by atoms with E-state index in [1.165, 1.54) is 0 Å². The Kier molecular flexibility index (Phi) is 4.39. The first-order valence-electron chi connectivity index (χ1n) is 6.09. The summed E-state index contributed by atoms with van der Waals surface area (Å²) in [6.07, 6.45) is 5.02. The van der Waals surface area contributed by atoms with Crippen LogP contribution in [0, 0.1) is 0 Å². The molecule has 0 unspecified atom stereocenters. The van der Waals surface area contributed by atoms with Crippen molar-refractivity contribution in [2.75, 3.05) is 0 Å². The molecule has 6 heteroatoms. The summed E-state index contributed by atoms with van der Waals surface area (Å²) in [7, 11) is 1.83. The molecule has 0 fully saturated rings. The molecule has 102 valence electrons. The Morgan fingerprint density at radius 3 is 2.84 bits per heavy atom. The minimum absolute atomic E-state index is 0.395. The van der Waals surface area contributed by atoms with Gasteiger partial charge in [0.15, 0.2) is 5.75 Å². The molecule has 0 atom stereocenters. The number of hydrogen-bond acceptors (Lipinski definition) is 4. The molecule has 2 aromatic heterocycles. The maximum Gasteiger partial charge on any atom is 0.219 e. The SMILES string of the molecule is CC(C)NCc1cc(Oc2cnn(C)c2)ncc1Cl. The molecule has 0 aliphatic rings. The Hall–Kier alpha value is -1.59. The van der Waals surface area contributed by atoms with Crippen LogP contribution in [0.2, 0.25) is 5.02 Å². The molecule has 0 spiro atoms. The van der Waals surface area contributed by atoms with Crippen LogP contribution in [-0.2, 0) is 13.6 Å². The van der Waals surface area contributed by atoms with Crippen molar-refractivity contribution in [3.63, 3.8) is 0 Å². The quantitative estimate of drug-likeness (QED) is 0.915. The molecule has 2 aromatic rings. The van der Waals surface area contributed by atoms with Gasteiger partial charge in [0.05, 0.1) is 17.4 Å². The predicted octanol–water partition coefficient (Wildman–Crippen LogP) is 2.76. The third kappa shape index (κ3) is 3.94. The topological polar surface area (TPSA) is 52.0 Å². The fourth-order valence-corrected chi connectivity index (χ4v) is 1.71. The summed E-state index contributed by atoms with van der Waals surface area (Å²) in [5, 5.41) is 7.98. The Morgan fingerprint density at radius 2 is 2.21 bits per heavy atom.